The summed E-state index contributed by atoms with van der Waals surface area (Å²) in [6.45, 7) is 8.53. The van der Waals surface area contributed by atoms with Gasteiger partial charge in [0, 0.05) is 26.3 Å². The van der Waals surface area contributed by atoms with Crippen LogP contribution in [-0.2, 0) is 14.3 Å². The van der Waals surface area contributed by atoms with Crippen molar-refractivity contribution in [3.05, 3.63) is 0 Å². The summed E-state index contributed by atoms with van der Waals surface area (Å²) in [5, 5.41) is 9.47. The average molecular weight is 259 g/mol. The quantitative estimate of drug-likeness (QED) is 0.664. The number of carboxylic acid groups (broad SMARTS) is 1. The molecule has 1 rings (SSSR count). The Morgan fingerprint density at radius 1 is 1.50 bits per heavy atom. The van der Waals surface area contributed by atoms with Crippen LogP contribution < -0.4 is 0 Å². The first-order valence-corrected chi connectivity index (χ1v) is 6.76. The van der Waals surface area contributed by atoms with Crippen LogP contribution in [0.3, 0.4) is 0 Å². The van der Waals surface area contributed by atoms with Crippen molar-refractivity contribution in [1.82, 2.24) is 4.90 Å². The molecule has 1 aliphatic heterocycles. The lowest BCUT2D eigenvalue weighted by molar-refractivity contribution is -0.159. The van der Waals surface area contributed by atoms with Gasteiger partial charge in [0.1, 0.15) is 5.41 Å². The third kappa shape index (κ3) is 4.23. The number of ether oxygens (including phenoxy) is 2. The second-order valence-electron chi connectivity index (χ2n) is 4.81. The van der Waals surface area contributed by atoms with Crippen LogP contribution in [0.4, 0.5) is 0 Å². The Morgan fingerprint density at radius 2 is 2.28 bits per heavy atom. The van der Waals surface area contributed by atoms with E-state index in [9.17, 15) is 9.90 Å². The van der Waals surface area contributed by atoms with Crippen LogP contribution in [0.2, 0.25) is 0 Å². The maximum Gasteiger partial charge on any atom is 0.313 e. The minimum Gasteiger partial charge on any atom is -0.481 e. The zero-order valence-electron chi connectivity index (χ0n) is 11.5. The molecule has 0 spiro atoms. The molecule has 0 saturated carbocycles. The standard InChI is InChI=1S/C13H25NO4/c1-3-14(7-9-17-4-2)10-13(12(15)16)6-5-8-18-11-13/h3-11H2,1-2H3,(H,15,16). The molecule has 0 aromatic rings. The highest BCUT2D eigenvalue weighted by atomic mass is 16.5. The van der Waals surface area contributed by atoms with E-state index in [0.717, 1.165) is 19.5 Å². The van der Waals surface area contributed by atoms with Gasteiger partial charge in [0.2, 0.25) is 0 Å². The Hall–Kier alpha value is -0.650. The van der Waals surface area contributed by atoms with Gasteiger partial charge in [-0.2, -0.15) is 0 Å². The van der Waals surface area contributed by atoms with Gasteiger partial charge in [-0.3, -0.25) is 4.79 Å². The van der Waals surface area contributed by atoms with Gasteiger partial charge >= 0.3 is 5.97 Å². The lowest BCUT2D eigenvalue weighted by Crippen LogP contribution is -2.49. The van der Waals surface area contributed by atoms with Gasteiger partial charge in [-0.1, -0.05) is 6.92 Å². The maximum atomic E-state index is 11.5. The molecule has 0 aromatic carbocycles. The predicted molar refractivity (Wildman–Crippen MR) is 68.7 cm³/mol. The van der Waals surface area contributed by atoms with E-state index in [4.69, 9.17) is 9.47 Å². The van der Waals surface area contributed by atoms with E-state index in [2.05, 4.69) is 4.90 Å². The third-order valence-electron chi connectivity index (χ3n) is 3.51. The molecule has 1 atom stereocenters. The predicted octanol–water partition coefficient (Wildman–Crippen LogP) is 1.23. The molecule has 1 aliphatic rings. The molecule has 1 unspecified atom stereocenters. The zero-order chi connectivity index (χ0) is 13.4. The van der Waals surface area contributed by atoms with E-state index in [-0.39, 0.29) is 0 Å². The van der Waals surface area contributed by atoms with Gasteiger partial charge < -0.3 is 19.5 Å². The van der Waals surface area contributed by atoms with Crippen LogP contribution in [0.1, 0.15) is 26.7 Å². The summed E-state index contributed by atoms with van der Waals surface area (Å²) in [5.41, 5.74) is -0.736. The molecule has 1 N–H and O–H groups in total. The Morgan fingerprint density at radius 3 is 2.78 bits per heavy atom. The van der Waals surface area contributed by atoms with Crippen LogP contribution in [0.15, 0.2) is 0 Å². The number of hydrogen-bond acceptors (Lipinski definition) is 4. The van der Waals surface area contributed by atoms with Crippen molar-refractivity contribution in [2.24, 2.45) is 5.41 Å². The number of nitrogens with zero attached hydrogens (tertiary/aromatic N) is 1. The summed E-state index contributed by atoms with van der Waals surface area (Å²) in [5.74, 6) is -0.739. The van der Waals surface area contributed by atoms with Crippen LogP contribution in [0, 0.1) is 5.41 Å². The number of rotatable bonds is 8. The highest BCUT2D eigenvalue weighted by Gasteiger charge is 2.41. The van der Waals surface area contributed by atoms with Gasteiger partial charge in [-0.25, -0.2) is 0 Å². The third-order valence-corrected chi connectivity index (χ3v) is 3.51. The zero-order valence-corrected chi connectivity index (χ0v) is 11.5. The van der Waals surface area contributed by atoms with Gasteiger partial charge in [0.15, 0.2) is 0 Å². The van der Waals surface area contributed by atoms with Crippen molar-refractivity contribution in [2.45, 2.75) is 26.7 Å². The highest BCUT2D eigenvalue weighted by Crippen LogP contribution is 2.30. The van der Waals surface area contributed by atoms with Crippen LogP contribution in [0.25, 0.3) is 0 Å². The molecule has 0 radical (unpaired) electrons. The van der Waals surface area contributed by atoms with E-state index in [0.29, 0.717) is 39.4 Å². The van der Waals surface area contributed by atoms with Gasteiger partial charge in [-0.15, -0.1) is 0 Å². The number of carboxylic acids is 1. The van der Waals surface area contributed by atoms with Crippen LogP contribution >= 0.6 is 0 Å². The number of hydrogen-bond donors (Lipinski definition) is 1. The second kappa shape index (κ2) is 7.71. The Labute approximate surface area is 109 Å². The van der Waals surface area contributed by atoms with Gasteiger partial charge in [-0.05, 0) is 26.3 Å². The molecule has 1 fully saturated rings. The van der Waals surface area contributed by atoms with Crippen molar-refractivity contribution in [1.29, 1.82) is 0 Å². The molecule has 5 heteroatoms. The summed E-state index contributed by atoms with van der Waals surface area (Å²) in [7, 11) is 0. The van der Waals surface area contributed by atoms with E-state index < -0.39 is 11.4 Å². The largest absolute Gasteiger partial charge is 0.481 e. The first-order chi connectivity index (χ1) is 8.64. The Balaban J connectivity index is 2.54. The van der Waals surface area contributed by atoms with Crippen molar-refractivity contribution in [3.8, 4) is 0 Å². The average Bonchev–Trinajstić information content (AvgIpc) is 2.38. The molecule has 5 nitrogen and oxygen atoms in total. The van der Waals surface area contributed by atoms with E-state index in [1.165, 1.54) is 0 Å². The Bertz CT molecular complexity index is 251. The number of likely N-dealkylation sites (N-methyl/N-ethyl adjacent to an activating group) is 1. The lowest BCUT2D eigenvalue weighted by Gasteiger charge is -2.37. The molecule has 0 aliphatic carbocycles. The molecular formula is C13H25NO4. The van der Waals surface area contributed by atoms with Crippen molar-refractivity contribution in [2.75, 3.05) is 46.1 Å². The molecule has 0 bridgehead atoms. The fraction of sp³-hybridized carbons (Fsp3) is 0.923. The van der Waals surface area contributed by atoms with Crippen molar-refractivity contribution in [3.63, 3.8) is 0 Å². The molecule has 106 valence electrons. The van der Waals surface area contributed by atoms with Crippen molar-refractivity contribution < 1.29 is 19.4 Å². The van der Waals surface area contributed by atoms with Gasteiger partial charge in [0.05, 0.1) is 13.2 Å². The fourth-order valence-electron chi connectivity index (χ4n) is 2.33. The molecule has 1 saturated heterocycles. The summed E-state index contributed by atoms with van der Waals surface area (Å²) in [6, 6.07) is 0. The monoisotopic (exact) mass is 259 g/mol. The second-order valence-corrected chi connectivity index (χ2v) is 4.81. The number of carbonyl (C=O) groups is 1. The molecular weight excluding hydrogens is 234 g/mol. The first kappa shape index (κ1) is 15.4. The lowest BCUT2D eigenvalue weighted by atomic mass is 9.82. The summed E-state index contributed by atoms with van der Waals surface area (Å²) >= 11 is 0. The first-order valence-electron chi connectivity index (χ1n) is 6.76. The van der Waals surface area contributed by atoms with Gasteiger partial charge in [0.25, 0.3) is 0 Å². The highest BCUT2D eigenvalue weighted by molar-refractivity contribution is 5.75. The van der Waals surface area contributed by atoms with E-state index in [1.807, 2.05) is 13.8 Å². The fourth-order valence-corrected chi connectivity index (χ4v) is 2.33. The summed E-state index contributed by atoms with van der Waals surface area (Å²) in [4.78, 5) is 13.7. The summed E-state index contributed by atoms with van der Waals surface area (Å²) in [6.07, 6.45) is 1.53. The number of aliphatic carboxylic acids is 1. The SMILES string of the molecule is CCOCCN(CC)CC1(C(=O)O)CCCOC1. The normalized spacial score (nSPS) is 24.4. The molecule has 0 aromatic heterocycles. The van der Waals surface area contributed by atoms with E-state index >= 15 is 0 Å². The smallest absolute Gasteiger partial charge is 0.313 e. The van der Waals surface area contributed by atoms with Crippen LogP contribution in [-0.4, -0.2) is 62.0 Å². The topological polar surface area (TPSA) is 59.0 Å². The van der Waals surface area contributed by atoms with E-state index in [1.54, 1.807) is 0 Å². The minimum atomic E-state index is -0.739. The maximum absolute atomic E-state index is 11.5. The molecule has 18 heavy (non-hydrogen) atoms. The van der Waals surface area contributed by atoms with Crippen molar-refractivity contribution >= 4 is 5.97 Å². The van der Waals surface area contributed by atoms with Crippen LogP contribution in [0.5, 0.6) is 0 Å². The molecule has 0 amide bonds. The molecule has 1 heterocycles. The Kier molecular flexibility index (Phi) is 6.60. The minimum absolute atomic E-state index is 0.327. The summed E-state index contributed by atoms with van der Waals surface area (Å²) < 4.78 is 10.7.